The zero-order chi connectivity index (χ0) is 24.5. The Balaban J connectivity index is 2.39. The number of anilines is 1. The molecule has 0 radical (unpaired) electrons. The second-order valence-corrected chi connectivity index (χ2v) is 7.25. The molecule has 1 atom stereocenters. The summed E-state index contributed by atoms with van der Waals surface area (Å²) in [7, 11) is 2.83. The average Bonchev–Trinajstić information content (AvgIpc) is 2.79. The zero-order valence-electron chi connectivity index (χ0n) is 18.9. The first-order valence-electron chi connectivity index (χ1n) is 9.99. The molecule has 33 heavy (non-hydrogen) atoms. The molecule has 2 rings (SSSR count). The molecular formula is C22H25Cl2N3O6. The van der Waals surface area contributed by atoms with E-state index in [-0.39, 0.29) is 22.9 Å². The van der Waals surface area contributed by atoms with Crippen molar-refractivity contribution in [2.75, 3.05) is 31.9 Å². The summed E-state index contributed by atoms with van der Waals surface area (Å²) in [6.07, 6.45) is 0. The Bertz CT molecular complexity index is 1010. The summed E-state index contributed by atoms with van der Waals surface area (Å²) in [5, 5.41) is 8.26. The van der Waals surface area contributed by atoms with Gasteiger partial charge in [0.15, 0.2) is 17.3 Å². The van der Waals surface area contributed by atoms with Crippen LogP contribution in [0.25, 0.3) is 0 Å². The molecule has 0 aliphatic carbocycles. The van der Waals surface area contributed by atoms with Gasteiger partial charge in [-0.2, -0.15) is 10.2 Å². The summed E-state index contributed by atoms with van der Waals surface area (Å²) in [6.45, 7) is 5.67. The number of halogens is 2. The fraction of sp³-hybridized carbons (Fsp3) is 0.364. The minimum absolute atomic E-state index is 0.206. The molecular weight excluding hydrogens is 473 g/mol. The van der Waals surface area contributed by atoms with E-state index in [2.05, 4.69) is 10.2 Å². The van der Waals surface area contributed by atoms with Crippen LogP contribution in [-0.2, 0) is 9.59 Å². The van der Waals surface area contributed by atoms with Crippen LogP contribution in [0.5, 0.6) is 23.0 Å². The Morgan fingerprint density at radius 2 is 1.58 bits per heavy atom. The quantitative estimate of drug-likeness (QED) is 0.234. The van der Waals surface area contributed by atoms with Gasteiger partial charge in [-0.15, -0.1) is 0 Å². The summed E-state index contributed by atoms with van der Waals surface area (Å²) >= 11 is 12.4. The predicted molar refractivity (Wildman–Crippen MR) is 126 cm³/mol. The van der Waals surface area contributed by atoms with Crippen molar-refractivity contribution in [2.24, 2.45) is 10.2 Å². The third-order valence-corrected chi connectivity index (χ3v) is 4.92. The molecule has 0 bridgehead atoms. The zero-order valence-corrected chi connectivity index (χ0v) is 20.4. The number of amides is 1. The summed E-state index contributed by atoms with van der Waals surface area (Å²) in [5.74, 6) is 0.00414. The second-order valence-electron chi connectivity index (χ2n) is 6.51. The number of ether oxygens (including phenoxy) is 4. The molecule has 0 saturated carbocycles. The van der Waals surface area contributed by atoms with Crippen molar-refractivity contribution in [1.29, 1.82) is 0 Å². The predicted octanol–water partition coefficient (Wildman–Crippen LogP) is 5.38. The van der Waals surface area contributed by atoms with Crippen molar-refractivity contribution in [1.82, 2.24) is 0 Å². The molecule has 11 heteroatoms. The van der Waals surface area contributed by atoms with Gasteiger partial charge in [0.2, 0.25) is 6.04 Å². The van der Waals surface area contributed by atoms with E-state index in [0.29, 0.717) is 29.7 Å². The highest BCUT2D eigenvalue weighted by molar-refractivity contribution is 6.39. The smallest absolute Gasteiger partial charge is 0.276 e. The number of hydrogen-bond acceptors (Lipinski definition) is 8. The van der Waals surface area contributed by atoms with Crippen molar-refractivity contribution in [3.63, 3.8) is 0 Å². The van der Waals surface area contributed by atoms with Gasteiger partial charge in [-0.1, -0.05) is 11.6 Å². The van der Waals surface area contributed by atoms with Crippen molar-refractivity contribution < 1.29 is 28.5 Å². The third-order valence-electron chi connectivity index (χ3n) is 4.26. The maximum Gasteiger partial charge on any atom is 0.276 e. The average molecular weight is 498 g/mol. The second kappa shape index (κ2) is 12.3. The largest absolute Gasteiger partial charge is 0.494 e. The number of nitrogens with zero attached hydrogens (tertiary/aromatic N) is 3. The van der Waals surface area contributed by atoms with E-state index < -0.39 is 17.7 Å². The lowest BCUT2D eigenvalue weighted by atomic mass is 10.2. The van der Waals surface area contributed by atoms with E-state index in [1.807, 2.05) is 13.8 Å². The number of hydrogen-bond donors (Lipinski definition) is 0. The molecule has 0 aliphatic rings. The molecule has 1 unspecified atom stereocenters. The molecule has 178 valence electrons. The van der Waals surface area contributed by atoms with Gasteiger partial charge in [0, 0.05) is 30.0 Å². The van der Waals surface area contributed by atoms with Crippen molar-refractivity contribution in [3.05, 3.63) is 35.4 Å². The van der Waals surface area contributed by atoms with Crippen LogP contribution in [0.3, 0.4) is 0 Å². The molecule has 9 nitrogen and oxygen atoms in total. The summed E-state index contributed by atoms with van der Waals surface area (Å²) < 4.78 is 22.3. The maximum absolute atomic E-state index is 13.0. The first kappa shape index (κ1) is 26.2. The number of rotatable bonds is 11. The monoisotopic (exact) mass is 497 g/mol. The van der Waals surface area contributed by atoms with Crippen LogP contribution in [0.15, 0.2) is 40.6 Å². The standard InChI is InChI=1S/C22H25Cl2N3O6/c1-6-32-15-10-14(11-16(12-15)33-7-2)27(24)22(29)19(13(3)28)26-25-18-9-8-17(23)20(30-4)21(18)31-5/h8-12,19H,6-7H2,1-5H3. The van der Waals surface area contributed by atoms with Gasteiger partial charge in [-0.3, -0.25) is 9.59 Å². The van der Waals surface area contributed by atoms with Gasteiger partial charge in [0.05, 0.1) is 38.1 Å². The molecule has 0 heterocycles. The molecule has 0 aromatic heterocycles. The van der Waals surface area contributed by atoms with E-state index in [4.69, 9.17) is 42.3 Å². The van der Waals surface area contributed by atoms with Crippen molar-refractivity contribution in [3.8, 4) is 23.0 Å². The maximum atomic E-state index is 13.0. The fourth-order valence-corrected chi connectivity index (χ4v) is 3.24. The van der Waals surface area contributed by atoms with Crippen LogP contribution < -0.4 is 23.4 Å². The van der Waals surface area contributed by atoms with Crippen LogP contribution in [0.1, 0.15) is 20.8 Å². The lowest BCUT2D eigenvalue weighted by Crippen LogP contribution is -2.36. The normalized spacial score (nSPS) is 11.7. The third kappa shape index (κ3) is 6.49. The Labute approximate surface area is 202 Å². The highest BCUT2D eigenvalue weighted by Gasteiger charge is 2.30. The van der Waals surface area contributed by atoms with Gasteiger partial charge < -0.3 is 18.9 Å². The van der Waals surface area contributed by atoms with E-state index in [1.165, 1.54) is 33.3 Å². The van der Waals surface area contributed by atoms with Crippen LogP contribution >= 0.6 is 23.4 Å². The van der Waals surface area contributed by atoms with Gasteiger partial charge >= 0.3 is 0 Å². The minimum atomic E-state index is -1.50. The SMILES string of the molecule is CCOc1cc(OCC)cc(N(Cl)C(=O)C(N=Nc2ccc(Cl)c(OC)c2OC)C(C)=O)c1. The molecule has 2 aromatic rings. The highest BCUT2D eigenvalue weighted by atomic mass is 35.5. The first-order chi connectivity index (χ1) is 15.8. The van der Waals surface area contributed by atoms with E-state index in [9.17, 15) is 9.59 Å². The number of carbonyl (C=O) groups excluding carboxylic acids is 2. The summed E-state index contributed by atoms with van der Waals surface area (Å²) in [6, 6.07) is 6.34. The molecule has 0 fully saturated rings. The molecule has 0 N–H and O–H groups in total. The Morgan fingerprint density at radius 3 is 2.06 bits per heavy atom. The molecule has 0 aliphatic heterocycles. The first-order valence-corrected chi connectivity index (χ1v) is 10.7. The van der Waals surface area contributed by atoms with Crippen LogP contribution in [0.4, 0.5) is 11.4 Å². The topological polar surface area (TPSA) is 99.0 Å². The van der Waals surface area contributed by atoms with Crippen molar-refractivity contribution in [2.45, 2.75) is 26.8 Å². The van der Waals surface area contributed by atoms with E-state index >= 15 is 0 Å². The van der Waals surface area contributed by atoms with Gasteiger partial charge in [-0.25, -0.2) is 4.42 Å². The highest BCUT2D eigenvalue weighted by Crippen LogP contribution is 2.42. The lowest BCUT2D eigenvalue weighted by molar-refractivity contribution is -0.126. The van der Waals surface area contributed by atoms with E-state index in [1.54, 1.807) is 18.2 Å². The summed E-state index contributed by atoms with van der Waals surface area (Å²) in [5.41, 5.74) is 0.471. The van der Waals surface area contributed by atoms with Crippen LogP contribution in [0.2, 0.25) is 5.02 Å². The number of benzene rings is 2. The van der Waals surface area contributed by atoms with Crippen LogP contribution in [-0.4, -0.2) is 45.2 Å². The number of azo groups is 1. The van der Waals surface area contributed by atoms with E-state index in [0.717, 1.165) is 4.42 Å². The summed E-state index contributed by atoms with van der Waals surface area (Å²) in [4.78, 5) is 25.3. The number of carbonyl (C=O) groups is 2. The number of Topliss-reactive ketones (excluding diaryl/α,β-unsaturated/α-hetero) is 1. The number of methoxy groups -OCH3 is 2. The Kier molecular flexibility index (Phi) is 9.74. The fourth-order valence-electron chi connectivity index (χ4n) is 2.82. The molecule has 0 saturated heterocycles. The molecule has 2 aromatic carbocycles. The van der Waals surface area contributed by atoms with Crippen LogP contribution in [0, 0.1) is 0 Å². The molecule has 0 spiro atoms. The Hall–Kier alpha value is -3.04. The van der Waals surface area contributed by atoms with Crippen molar-refractivity contribution >= 4 is 46.4 Å². The minimum Gasteiger partial charge on any atom is -0.494 e. The van der Waals surface area contributed by atoms with Gasteiger partial charge in [0.1, 0.15) is 17.2 Å². The Morgan fingerprint density at radius 1 is 1.00 bits per heavy atom. The van der Waals surface area contributed by atoms with Gasteiger partial charge in [-0.05, 0) is 32.9 Å². The van der Waals surface area contributed by atoms with Gasteiger partial charge in [0.25, 0.3) is 5.91 Å². The molecule has 1 amide bonds. The lowest BCUT2D eigenvalue weighted by Gasteiger charge is -2.19. The number of ketones is 1.